The van der Waals surface area contributed by atoms with Gasteiger partial charge in [-0.05, 0) is 55.0 Å². The zero-order valence-electron chi connectivity index (χ0n) is 20.5. The number of nitrogens with zero attached hydrogens (tertiary/aromatic N) is 4. The number of alkyl halides is 3. The molecule has 200 valence electrons. The van der Waals surface area contributed by atoms with Crippen LogP contribution in [0.4, 0.5) is 19.0 Å². The zero-order valence-corrected chi connectivity index (χ0v) is 20.5. The van der Waals surface area contributed by atoms with Crippen LogP contribution in [-0.4, -0.2) is 44.1 Å². The number of ether oxygens (including phenoxy) is 1. The van der Waals surface area contributed by atoms with Crippen molar-refractivity contribution in [2.24, 2.45) is 12.8 Å². The quantitative estimate of drug-likeness (QED) is 0.327. The van der Waals surface area contributed by atoms with Crippen molar-refractivity contribution in [3.05, 3.63) is 72.1 Å². The van der Waals surface area contributed by atoms with Crippen molar-refractivity contribution in [3.8, 4) is 34.1 Å². The summed E-state index contributed by atoms with van der Waals surface area (Å²) in [7, 11) is 1.73. The maximum Gasteiger partial charge on any atom is 0.416 e. The number of amides is 2. The van der Waals surface area contributed by atoms with Gasteiger partial charge >= 0.3 is 6.18 Å². The number of aromatic nitrogens is 4. The molecule has 2 aromatic carbocycles. The van der Waals surface area contributed by atoms with Crippen molar-refractivity contribution in [1.82, 2.24) is 25.1 Å². The zero-order chi connectivity index (χ0) is 27.7. The molecule has 0 radical (unpaired) electrons. The predicted octanol–water partition coefficient (Wildman–Crippen LogP) is 3.75. The first kappa shape index (κ1) is 25.7. The number of halogens is 3. The minimum absolute atomic E-state index is 0.0538. The van der Waals surface area contributed by atoms with Gasteiger partial charge in [0.25, 0.3) is 5.91 Å². The number of aryl methyl sites for hydroxylation is 1. The Hall–Kier alpha value is -4.94. The van der Waals surface area contributed by atoms with E-state index in [4.69, 9.17) is 10.5 Å². The van der Waals surface area contributed by atoms with E-state index in [0.29, 0.717) is 35.5 Å². The Bertz CT molecular complexity index is 1550. The van der Waals surface area contributed by atoms with Crippen LogP contribution < -0.4 is 21.1 Å². The van der Waals surface area contributed by atoms with Crippen molar-refractivity contribution in [2.45, 2.75) is 18.6 Å². The first-order valence-corrected chi connectivity index (χ1v) is 11.8. The number of nitrogens with one attached hydrogen (secondary N) is 2. The number of primary amides is 1. The molecule has 1 atom stereocenters. The Kier molecular flexibility index (Phi) is 6.64. The lowest BCUT2D eigenvalue weighted by Gasteiger charge is -2.15. The molecule has 39 heavy (non-hydrogen) atoms. The summed E-state index contributed by atoms with van der Waals surface area (Å²) < 4.78 is 46.2. The number of carbonyl (C=O) groups excluding carboxylic acids is 2. The molecule has 10 nitrogen and oxygen atoms in total. The molecule has 1 aliphatic rings. The van der Waals surface area contributed by atoms with Gasteiger partial charge in [-0.1, -0.05) is 0 Å². The van der Waals surface area contributed by atoms with E-state index in [0.717, 1.165) is 12.1 Å². The van der Waals surface area contributed by atoms with Crippen LogP contribution in [-0.2, 0) is 18.0 Å². The maximum absolute atomic E-state index is 12.9. The van der Waals surface area contributed by atoms with E-state index in [9.17, 15) is 22.8 Å². The molecule has 1 aliphatic heterocycles. The van der Waals surface area contributed by atoms with Crippen LogP contribution in [0.5, 0.6) is 11.5 Å². The van der Waals surface area contributed by atoms with E-state index < -0.39 is 23.7 Å². The number of carbonyl (C=O) groups is 2. The summed E-state index contributed by atoms with van der Waals surface area (Å²) in [4.78, 5) is 33.0. The topological polar surface area (TPSA) is 137 Å². The summed E-state index contributed by atoms with van der Waals surface area (Å²) in [5.41, 5.74) is 6.42. The first-order chi connectivity index (χ1) is 18.6. The average Bonchev–Trinajstić information content (AvgIpc) is 3.51. The SMILES string of the molecule is Cn1nccc1-c1cc(Oc2ccc(C(F)(F)F)cc2)ccc1-c1nc(NC2CCNC2=O)cc(C(N)=O)n1. The second-order valence-electron chi connectivity index (χ2n) is 8.77. The highest BCUT2D eigenvalue weighted by molar-refractivity contribution is 5.93. The number of hydrogen-bond donors (Lipinski definition) is 3. The smallest absolute Gasteiger partial charge is 0.416 e. The van der Waals surface area contributed by atoms with E-state index >= 15 is 0 Å². The van der Waals surface area contributed by atoms with Crippen molar-refractivity contribution in [3.63, 3.8) is 0 Å². The van der Waals surface area contributed by atoms with Gasteiger partial charge in [0.1, 0.15) is 29.1 Å². The summed E-state index contributed by atoms with van der Waals surface area (Å²) in [6.45, 7) is 0.516. The van der Waals surface area contributed by atoms with Gasteiger partial charge in [0.2, 0.25) is 5.91 Å². The van der Waals surface area contributed by atoms with Crippen LogP contribution in [0.2, 0.25) is 0 Å². The number of rotatable bonds is 7. The highest BCUT2D eigenvalue weighted by atomic mass is 19.4. The third-order valence-corrected chi connectivity index (χ3v) is 6.10. The molecule has 1 saturated heterocycles. The molecule has 4 N–H and O–H groups in total. The summed E-state index contributed by atoms with van der Waals surface area (Å²) in [5.74, 6) is -0.0128. The molecule has 0 bridgehead atoms. The molecule has 0 saturated carbocycles. The highest BCUT2D eigenvalue weighted by Crippen LogP contribution is 2.36. The number of anilines is 1. The summed E-state index contributed by atoms with van der Waals surface area (Å²) in [6.07, 6.45) is -2.32. The van der Waals surface area contributed by atoms with Crippen LogP contribution in [0.25, 0.3) is 22.6 Å². The van der Waals surface area contributed by atoms with Gasteiger partial charge in [-0.25, -0.2) is 9.97 Å². The lowest BCUT2D eigenvalue weighted by molar-refractivity contribution is -0.137. The maximum atomic E-state index is 12.9. The molecular formula is C26H22F3N7O3. The molecule has 4 aromatic rings. The summed E-state index contributed by atoms with van der Waals surface area (Å²) in [6, 6.07) is 11.9. The van der Waals surface area contributed by atoms with Gasteiger partial charge in [-0.2, -0.15) is 18.3 Å². The van der Waals surface area contributed by atoms with Gasteiger partial charge in [-0.3, -0.25) is 14.3 Å². The van der Waals surface area contributed by atoms with Crippen molar-refractivity contribution in [2.75, 3.05) is 11.9 Å². The Labute approximate surface area is 220 Å². The standard InChI is InChI=1S/C26H22F3N7O3/c1-36-21(9-11-32-36)18-12-16(39-15-4-2-14(3-5-15)26(27,28)29)6-7-17(18)24-34-20(23(30)37)13-22(35-24)33-19-8-10-31-25(19)38/h2-7,9,11-13,19H,8,10H2,1H3,(H2,30,37)(H,31,38)(H,33,34,35). The fourth-order valence-corrected chi connectivity index (χ4v) is 4.16. The minimum Gasteiger partial charge on any atom is -0.457 e. The molecule has 2 aromatic heterocycles. The second-order valence-corrected chi connectivity index (χ2v) is 8.77. The summed E-state index contributed by atoms with van der Waals surface area (Å²) in [5, 5.41) is 9.97. The van der Waals surface area contributed by atoms with Crippen LogP contribution in [0.3, 0.4) is 0 Å². The predicted molar refractivity (Wildman–Crippen MR) is 135 cm³/mol. The van der Waals surface area contributed by atoms with Gasteiger partial charge in [0, 0.05) is 37.0 Å². The number of nitrogens with two attached hydrogens (primary N) is 1. The van der Waals surface area contributed by atoms with Crippen LogP contribution >= 0.6 is 0 Å². The van der Waals surface area contributed by atoms with E-state index in [2.05, 4.69) is 25.7 Å². The average molecular weight is 538 g/mol. The molecule has 3 heterocycles. The summed E-state index contributed by atoms with van der Waals surface area (Å²) >= 11 is 0. The lowest BCUT2D eigenvalue weighted by atomic mass is 10.0. The van der Waals surface area contributed by atoms with Gasteiger partial charge in [0.05, 0.1) is 11.3 Å². The van der Waals surface area contributed by atoms with Crippen molar-refractivity contribution < 1.29 is 27.5 Å². The van der Waals surface area contributed by atoms with E-state index in [1.807, 2.05) is 0 Å². The van der Waals surface area contributed by atoms with Gasteiger partial charge in [0.15, 0.2) is 5.82 Å². The van der Waals surface area contributed by atoms with Crippen molar-refractivity contribution >= 4 is 17.6 Å². The Morgan fingerprint density at radius 2 is 1.82 bits per heavy atom. The number of benzene rings is 2. The molecule has 2 amide bonds. The molecule has 0 aliphatic carbocycles. The largest absolute Gasteiger partial charge is 0.457 e. The molecule has 5 rings (SSSR count). The van der Waals surface area contributed by atoms with E-state index in [1.54, 1.807) is 42.2 Å². The normalized spacial score (nSPS) is 15.2. The Morgan fingerprint density at radius 1 is 1.08 bits per heavy atom. The first-order valence-electron chi connectivity index (χ1n) is 11.8. The number of hydrogen-bond acceptors (Lipinski definition) is 7. The molecule has 1 unspecified atom stereocenters. The Morgan fingerprint density at radius 3 is 2.44 bits per heavy atom. The Balaban J connectivity index is 1.55. The molecule has 13 heteroatoms. The molecule has 1 fully saturated rings. The highest BCUT2D eigenvalue weighted by Gasteiger charge is 2.30. The third-order valence-electron chi connectivity index (χ3n) is 6.10. The third kappa shape index (κ3) is 5.51. The van der Waals surface area contributed by atoms with Gasteiger partial charge < -0.3 is 21.1 Å². The van der Waals surface area contributed by atoms with Crippen LogP contribution in [0.1, 0.15) is 22.5 Å². The monoisotopic (exact) mass is 537 g/mol. The minimum atomic E-state index is -4.46. The van der Waals surface area contributed by atoms with Crippen LogP contribution in [0, 0.1) is 0 Å². The van der Waals surface area contributed by atoms with Crippen LogP contribution in [0.15, 0.2) is 60.8 Å². The fourth-order valence-electron chi connectivity index (χ4n) is 4.16. The molecule has 0 spiro atoms. The van der Waals surface area contributed by atoms with E-state index in [1.165, 1.54) is 18.2 Å². The van der Waals surface area contributed by atoms with Crippen molar-refractivity contribution in [1.29, 1.82) is 0 Å². The van der Waals surface area contributed by atoms with E-state index in [-0.39, 0.29) is 29.0 Å². The second kappa shape index (κ2) is 10.1. The van der Waals surface area contributed by atoms with Gasteiger partial charge in [-0.15, -0.1) is 0 Å². The lowest BCUT2D eigenvalue weighted by Crippen LogP contribution is -2.30. The fraction of sp³-hybridized carbons (Fsp3) is 0.192. The molecular weight excluding hydrogens is 515 g/mol.